The number of nitrogens with zero attached hydrogens (tertiary/aromatic N) is 1. The minimum atomic E-state index is 0.191. The number of hydrogen-bond donors (Lipinski definition) is 1. The lowest BCUT2D eigenvalue weighted by Crippen LogP contribution is -2.36. The van der Waals surface area contributed by atoms with Gasteiger partial charge in [0, 0.05) is 28.4 Å². The number of hydrogen-bond acceptors (Lipinski definition) is 3. The summed E-state index contributed by atoms with van der Waals surface area (Å²) in [5.41, 5.74) is 2.27. The summed E-state index contributed by atoms with van der Waals surface area (Å²) in [4.78, 5) is 5.58. The summed E-state index contributed by atoms with van der Waals surface area (Å²) in [6.07, 6.45) is 2.66. The third-order valence-corrected chi connectivity index (χ3v) is 5.56. The molecule has 0 bridgehead atoms. The molecule has 0 spiro atoms. The molecule has 3 heteroatoms. The minimum absolute atomic E-state index is 0.191. The highest BCUT2D eigenvalue weighted by Crippen LogP contribution is 2.31. The maximum Gasteiger partial charge on any atom is 0.0304 e. The van der Waals surface area contributed by atoms with E-state index in [9.17, 15) is 0 Å². The number of likely N-dealkylation sites (tertiary alicyclic amines) is 1. The number of thiophene rings is 1. The smallest absolute Gasteiger partial charge is 0.0304 e. The number of piperidine rings is 1. The van der Waals surface area contributed by atoms with E-state index in [0.717, 1.165) is 13.1 Å². The molecule has 0 amide bonds. The first-order chi connectivity index (χ1) is 9.65. The van der Waals surface area contributed by atoms with Gasteiger partial charge in [0.25, 0.3) is 0 Å². The summed E-state index contributed by atoms with van der Waals surface area (Å²) < 4.78 is 0. The van der Waals surface area contributed by atoms with Gasteiger partial charge < -0.3 is 5.32 Å². The van der Waals surface area contributed by atoms with Crippen LogP contribution in [0.15, 0.2) is 6.07 Å². The van der Waals surface area contributed by atoms with Gasteiger partial charge in [0.1, 0.15) is 0 Å². The Hall–Kier alpha value is -0.380. The summed E-state index contributed by atoms with van der Waals surface area (Å²) >= 11 is 1.95. The van der Waals surface area contributed by atoms with Crippen molar-refractivity contribution in [2.24, 2.45) is 5.41 Å². The monoisotopic (exact) mass is 308 g/mol. The van der Waals surface area contributed by atoms with Crippen LogP contribution >= 0.6 is 11.3 Å². The molecule has 2 nitrogen and oxygen atoms in total. The van der Waals surface area contributed by atoms with Crippen LogP contribution in [-0.4, -0.2) is 23.5 Å². The zero-order valence-electron chi connectivity index (χ0n) is 14.7. The van der Waals surface area contributed by atoms with E-state index in [0.29, 0.717) is 5.41 Å². The van der Waals surface area contributed by atoms with Crippen molar-refractivity contribution in [2.75, 3.05) is 13.1 Å². The standard InChI is InChI=1S/C18H32N2S/c1-14-15(11-16(21-14)12-19-17(2,3)4)13-20-9-7-18(5,6)8-10-20/h11,19H,7-10,12-13H2,1-6H3. The van der Waals surface area contributed by atoms with Gasteiger partial charge in [0.05, 0.1) is 0 Å². The molecule has 120 valence electrons. The second-order valence-corrected chi connectivity index (χ2v) is 9.68. The fraction of sp³-hybridized carbons (Fsp3) is 0.778. The molecule has 1 fully saturated rings. The highest BCUT2D eigenvalue weighted by molar-refractivity contribution is 7.12. The molecule has 21 heavy (non-hydrogen) atoms. The number of aryl methyl sites for hydroxylation is 1. The van der Waals surface area contributed by atoms with Crippen molar-refractivity contribution in [1.82, 2.24) is 10.2 Å². The number of nitrogens with one attached hydrogen (secondary N) is 1. The summed E-state index contributed by atoms with van der Waals surface area (Å²) in [5.74, 6) is 0. The molecule has 1 aromatic rings. The van der Waals surface area contributed by atoms with Crippen molar-refractivity contribution in [3.05, 3.63) is 21.4 Å². The van der Waals surface area contributed by atoms with Crippen LogP contribution < -0.4 is 5.32 Å². The Morgan fingerprint density at radius 1 is 1.24 bits per heavy atom. The van der Waals surface area contributed by atoms with Crippen LogP contribution in [0.5, 0.6) is 0 Å². The Morgan fingerprint density at radius 2 is 1.86 bits per heavy atom. The van der Waals surface area contributed by atoms with Crippen molar-refractivity contribution in [1.29, 1.82) is 0 Å². The first-order valence-electron chi connectivity index (χ1n) is 8.20. The largest absolute Gasteiger partial charge is 0.307 e. The fourth-order valence-corrected chi connectivity index (χ4v) is 3.73. The van der Waals surface area contributed by atoms with Gasteiger partial charge in [0.15, 0.2) is 0 Å². The normalized spacial score (nSPS) is 19.9. The van der Waals surface area contributed by atoms with Gasteiger partial charge >= 0.3 is 0 Å². The average Bonchev–Trinajstić information content (AvgIpc) is 2.70. The van der Waals surface area contributed by atoms with Crippen LogP contribution in [0.1, 0.15) is 62.8 Å². The molecule has 1 aliphatic heterocycles. The molecule has 2 rings (SSSR count). The third kappa shape index (κ3) is 5.39. The Morgan fingerprint density at radius 3 is 2.43 bits per heavy atom. The van der Waals surface area contributed by atoms with Crippen LogP contribution in [-0.2, 0) is 13.1 Å². The maximum absolute atomic E-state index is 3.59. The minimum Gasteiger partial charge on any atom is -0.307 e. The number of rotatable bonds is 4. The molecular weight excluding hydrogens is 276 g/mol. The predicted molar refractivity (Wildman–Crippen MR) is 93.9 cm³/mol. The van der Waals surface area contributed by atoms with E-state index in [4.69, 9.17) is 0 Å². The SMILES string of the molecule is Cc1sc(CNC(C)(C)C)cc1CN1CCC(C)(C)CC1. The van der Waals surface area contributed by atoms with E-state index < -0.39 is 0 Å². The second-order valence-electron chi connectivity index (χ2n) is 8.34. The van der Waals surface area contributed by atoms with E-state index in [2.05, 4.69) is 57.8 Å². The molecule has 0 aromatic carbocycles. The van der Waals surface area contributed by atoms with Gasteiger partial charge in [-0.05, 0) is 70.7 Å². The summed E-state index contributed by atoms with van der Waals surface area (Å²) in [6, 6.07) is 2.42. The van der Waals surface area contributed by atoms with Gasteiger partial charge in [-0.15, -0.1) is 11.3 Å². The topological polar surface area (TPSA) is 15.3 Å². The van der Waals surface area contributed by atoms with Crippen molar-refractivity contribution in [3.63, 3.8) is 0 Å². The van der Waals surface area contributed by atoms with Crippen molar-refractivity contribution >= 4 is 11.3 Å². The van der Waals surface area contributed by atoms with E-state index >= 15 is 0 Å². The van der Waals surface area contributed by atoms with Gasteiger partial charge in [0.2, 0.25) is 0 Å². The van der Waals surface area contributed by atoms with Gasteiger partial charge in [-0.3, -0.25) is 4.90 Å². The summed E-state index contributed by atoms with van der Waals surface area (Å²) in [7, 11) is 0. The third-order valence-electron chi connectivity index (χ3n) is 4.47. The fourth-order valence-electron chi connectivity index (χ4n) is 2.74. The molecule has 0 radical (unpaired) electrons. The molecule has 1 N–H and O–H groups in total. The Bertz CT molecular complexity index is 458. The van der Waals surface area contributed by atoms with Crippen LogP contribution in [0.4, 0.5) is 0 Å². The summed E-state index contributed by atoms with van der Waals surface area (Å²) in [6.45, 7) is 18.4. The zero-order chi connectivity index (χ0) is 15.7. The Kier molecular flexibility index (Phi) is 5.17. The van der Waals surface area contributed by atoms with Crippen LogP contribution in [0, 0.1) is 12.3 Å². The lowest BCUT2D eigenvalue weighted by molar-refractivity contribution is 0.127. The molecule has 1 aliphatic rings. The van der Waals surface area contributed by atoms with Crippen molar-refractivity contribution in [2.45, 2.75) is 73.0 Å². The van der Waals surface area contributed by atoms with Crippen LogP contribution in [0.2, 0.25) is 0 Å². The lowest BCUT2D eigenvalue weighted by atomic mass is 9.82. The first-order valence-corrected chi connectivity index (χ1v) is 9.02. The van der Waals surface area contributed by atoms with E-state index in [1.165, 1.54) is 41.2 Å². The van der Waals surface area contributed by atoms with Crippen LogP contribution in [0.25, 0.3) is 0 Å². The lowest BCUT2D eigenvalue weighted by Gasteiger charge is -2.36. The quantitative estimate of drug-likeness (QED) is 0.876. The molecular formula is C18H32N2S. The van der Waals surface area contributed by atoms with Crippen molar-refractivity contribution < 1.29 is 0 Å². The van der Waals surface area contributed by atoms with E-state index in [1.54, 1.807) is 0 Å². The highest BCUT2D eigenvalue weighted by atomic mass is 32.1. The van der Waals surface area contributed by atoms with Gasteiger partial charge in [-0.1, -0.05) is 13.8 Å². The summed E-state index contributed by atoms with van der Waals surface area (Å²) in [5, 5.41) is 3.59. The molecule has 2 heterocycles. The molecule has 0 unspecified atom stereocenters. The van der Waals surface area contributed by atoms with Crippen molar-refractivity contribution in [3.8, 4) is 0 Å². The Balaban J connectivity index is 1.91. The average molecular weight is 309 g/mol. The first kappa shape index (κ1) is 17.0. The maximum atomic E-state index is 3.59. The molecule has 0 atom stereocenters. The highest BCUT2D eigenvalue weighted by Gasteiger charge is 2.25. The second kappa shape index (κ2) is 6.39. The molecule has 0 saturated carbocycles. The zero-order valence-corrected chi connectivity index (χ0v) is 15.5. The van der Waals surface area contributed by atoms with E-state index in [1.807, 2.05) is 11.3 Å². The van der Waals surface area contributed by atoms with Gasteiger partial charge in [-0.2, -0.15) is 0 Å². The molecule has 1 aromatic heterocycles. The van der Waals surface area contributed by atoms with Gasteiger partial charge in [-0.25, -0.2) is 0 Å². The molecule has 0 aliphatic carbocycles. The molecule has 1 saturated heterocycles. The van der Waals surface area contributed by atoms with E-state index in [-0.39, 0.29) is 5.54 Å². The van der Waals surface area contributed by atoms with Crippen LogP contribution in [0.3, 0.4) is 0 Å². The predicted octanol–water partition coefficient (Wildman–Crippen LogP) is 4.57. The Labute approximate surface area is 134 Å².